The van der Waals surface area contributed by atoms with Crippen molar-refractivity contribution in [3.8, 4) is 5.75 Å². The first-order valence-electron chi connectivity index (χ1n) is 5.47. The number of benzene rings is 1. The number of carbonyl (C=O) groups is 1. The Morgan fingerprint density at radius 1 is 1.39 bits per heavy atom. The third kappa shape index (κ3) is 3.21. The van der Waals surface area contributed by atoms with Crippen LogP contribution in [0.4, 0.5) is 5.69 Å². The van der Waals surface area contributed by atoms with Crippen molar-refractivity contribution in [1.82, 2.24) is 0 Å². The van der Waals surface area contributed by atoms with Crippen LogP contribution in [0.25, 0.3) is 6.08 Å². The highest BCUT2D eigenvalue weighted by atomic mass is 32.1. The Bertz CT molecular complexity index is 573. The molecule has 2 rings (SSSR count). The lowest BCUT2D eigenvalue weighted by Gasteiger charge is -2.04. The summed E-state index contributed by atoms with van der Waals surface area (Å²) in [6.07, 6.45) is 3.23. The van der Waals surface area contributed by atoms with Gasteiger partial charge in [0.25, 0.3) is 0 Å². The molecule has 18 heavy (non-hydrogen) atoms. The van der Waals surface area contributed by atoms with Crippen LogP contribution in [0.5, 0.6) is 5.75 Å². The van der Waals surface area contributed by atoms with Gasteiger partial charge >= 0.3 is 0 Å². The predicted octanol–water partition coefficient (Wildman–Crippen LogP) is 3.41. The van der Waals surface area contributed by atoms with E-state index in [9.17, 15) is 9.90 Å². The van der Waals surface area contributed by atoms with Crippen molar-refractivity contribution < 1.29 is 9.90 Å². The van der Waals surface area contributed by atoms with Gasteiger partial charge in [0.15, 0.2) is 0 Å². The van der Waals surface area contributed by atoms with Crippen molar-refractivity contribution in [2.24, 2.45) is 0 Å². The largest absolute Gasteiger partial charge is 0.508 e. The SMILES string of the molecule is Cc1ccc(NC(=O)C=Cc2cccs2)cc1O. The zero-order chi connectivity index (χ0) is 13.0. The number of aromatic hydroxyl groups is 1. The summed E-state index contributed by atoms with van der Waals surface area (Å²) < 4.78 is 0. The van der Waals surface area contributed by atoms with E-state index in [0.29, 0.717) is 5.69 Å². The zero-order valence-electron chi connectivity index (χ0n) is 9.88. The lowest BCUT2D eigenvalue weighted by molar-refractivity contribution is -0.111. The summed E-state index contributed by atoms with van der Waals surface area (Å²) >= 11 is 1.57. The number of phenolic OH excluding ortho intramolecular Hbond substituents is 1. The molecule has 0 radical (unpaired) electrons. The lowest BCUT2D eigenvalue weighted by atomic mass is 10.2. The van der Waals surface area contributed by atoms with Gasteiger partial charge in [0.05, 0.1) is 0 Å². The molecule has 1 aromatic heterocycles. The first kappa shape index (κ1) is 12.4. The highest BCUT2D eigenvalue weighted by Gasteiger charge is 2.01. The molecule has 0 saturated heterocycles. The molecule has 0 bridgehead atoms. The highest BCUT2D eigenvalue weighted by Crippen LogP contribution is 2.20. The number of hydrogen-bond acceptors (Lipinski definition) is 3. The lowest BCUT2D eigenvalue weighted by Crippen LogP contribution is -2.07. The number of hydrogen-bond donors (Lipinski definition) is 2. The molecule has 0 fully saturated rings. The molecule has 1 aromatic carbocycles. The van der Waals surface area contributed by atoms with Gasteiger partial charge in [-0.3, -0.25) is 4.79 Å². The molecule has 4 heteroatoms. The minimum Gasteiger partial charge on any atom is -0.508 e. The quantitative estimate of drug-likeness (QED) is 0.830. The van der Waals surface area contributed by atoms with Gasteiger partial charge in [0.2, 0.25) is 5.91 Å². The number of aryl methyl sites for hydroxylation is 1. The smallest absolute Gasteiger partial charge is 0.248 e. The van der Waals surface area contributed by atoms with Gasteiger partial charge in [-0.25, -0.2) is 0 Å². The van der Waals surface area contributed by atoms with Gasteiger partial charge in [-0.1, -0.05) is 12.1 Å². The Morgan fingerprint density at radius 3 is 2.89 bits per heavy atom. The molecule has 3 nitrogen and oxygen atoms in total. The van der Waals surface area contributed by atoms with E-state index in [0.717, 1.165) is 10.4 Å². The fourth-order valence-electron chi connectivity index (χ4n) is 1.41. The van der Waals surface area contributed by atoms with Crippen molar-refractivity contribution in [1.29, 1.82) is 0 Å². The van der Waals surface area contributed by atoms with E-state index >= 15 is 0 Å². The standard InChI is InChI=1S/C14H13NO2S/c1-10-4-5-11(9-13(10)16)15-14(17)7-6-12-3-2-8-18-12/h2-9,16H,1H3,(H,15,17). The van der Waals surface area contributed by atoms with E-state index in [2.05, 4.69) is 5.32 Å². The number of carbonyl (C=O) groups excluding carboxylic acids is 1. The molecule has 1 amide bonds. The fourth-order valence-corrected chi connectivity index (χ4v) is 2.03. The van der Waals surface area contributed by atoms with E-state index in [4.69, 9.17) is 0 Å². The van der Waals surface area contributed by atoms with E-state index in [1.54, 1.807) is 36.5 Å². The van der Waals surface area contributed by atoms with Gasteiger partial charge in [0.1, 0.15) is 5.75 Å². The minimum atomic E-state index is -0.216. The molecule has 2 aromatic rings. The maximum absolute atomic E-state index is 11.6. The van der Waals surface area contributed by atoms with Gasteiger partial charge in [-0.05, 0) is 36.1 Å². The highest BCUT2D eigenvalue weighted by molar-refractivity contribution is 7.10. The van der Waals surface area contributed by atoms with Crippen molar-refractivity contribution >= 4 is 29.0 Å². The molecule has 0 aliphatic heterocycles. The summed E-state index contributed by atoms with van der Waals surface area (Å²) in [6.45, 7) is 1.80. The second-order valence-corrected chi connectivity index (χ2v) is 4.82. The average Bonchev–Trinajstić information content (AvgIpc) is 2.84. The Kier molecular flexibility index (Phi) is 3.79. The molecule has 0 aliphatic carbocycles. The molecule has 0 spiro atoms. The van der Waals surface area contributed by atoms with Crippen molar-refractivity contribution in [2.45, 2.75) is 6.92 Å². The van der Waals surface area contributed by atoms with Gasteiger partial charge in [-0.2, -0.15) is 0 Å². The van der Waals surface area contributed by atoms with Crippen LogP contribution in [0, 0.1) is 6.92 Å². The fraction of sp³-hybridized carbons (Fsp3) is 0.0714. The van der Waals surface area contributed by atoms with Crippen molar-refractivity contribution in [3.63, 3.8) is 0 Å². The average molecular weight is 259 g/mol. The zero-order valence-corrected chi connectivity index (χ0v) is 10.7. The first-order valence-corrected chi connectivity index (χ1v) is 6.35. The van der Waals surface area contributed by atoms with Crippen LogP contribution < -0.4 is 5.32 Å². The maximum atomic E-state index is 11.6. The Labute approximate surface area is 109 Å². The monoisotopic (exact) mass is 259 g/mol. The molecule has 0 unspecified atom stereocenters. The first-order chi connectivity index (χ1) is 8.65. The maximum Gasteiger partial charge on any atom is 0.248 e. The van der Waals surface area contributed by atoms with Crippen LogP contribution in [0.2, 0.25) is 0 Å². The second-order valence-electron chi connectivity index (χ2n) is 3.84. The number of nitrogens with one attached hydrogen (secondary N) is 1. The van der Waals surface area contributed by atoms with Crippen LogP contribution in [0.15, 0.2) is 41.8 Å². The van der Waals surface area contributed by atoms with Crippen LogP contribution in [0.1, 0.15) is 10.4 Å². The summed E-state index contributed by atoms with van der Waals surface area (Å²) in [7, 11) is 0. The van der Waals surface area contributed by atoms with Gasteiger partial charge in [0, 0.05) is 22.7 Å². The summed E-state index contributed by atoms with van der Waals surface area (Å²) in [6, 6.07) is 8.92. The number of anilines is 1. The molecule has 0 atom stereocenters. The summed E-state index contributed by atoms with van der Waals surface area (Å²) in [4.78, 5) is 12.7. The Balaban J connectivity index is 2.01. The summed E-state index contributed by atoms with van der Waals surface area (Å²) in [5.41, 5.74) is 1.36. The summed E-state index contributed by atoms with van der Waals surface area (Å²) in [5.74, 6) is -0.0401. The number of amides is 1. The van der Waals surface area contributed by atoms with E-state index in [-0.39, 0.29) is 11.7 Å². The second kappa shape index (κ2) is 5.51. The van der Waals surface area contributed by atoms with E-state index < -0.39 is 0 Å². The Hall–Kier alpha value is -2.07. The van der Waals surface area contributed by atoms with Gasteiger partial charge < -0.3 is 10.4 Å². The third-order valence-corrected chi connectivity index (χ3v) is 3.26. The van der Waals surface area contributed by atoms with Crippen molar-refractivity contribution in [3.05, 3.63) is 52.2 Å². The summed E-state index contributed by atoms with van der Waals surface area (Å²) in [5, 5.41) is 14.2. The van der Waals surface area contributed by atoms with Crippen LogP contribution in [0.3, 0.4) is 0 Å². The topological polar surface area (TPSA) is 49.3 Å². The Morgan fingerprint density at radius 2 is 2.22 bits per heavy atom. The third-order valence-electron chi connectivity index (χ3n) is 2.42. The van der Waals surface area contributed by atoms with E-state index in [1.165, 1.54) is 12.1 Å². The van der Waals surface area contributed by atoms with E-state index in [1.807, 2.05) is 17.5 Å². The predicted molar refractivity (Wildman–Crippen MR) is 74.8 cm³/mol. The number of rotatable bonds is 3. The molecule has 2 N–H and O–H groups in total. The van der Waals surface area contributed by atoms with Crippen LogP contribution in [-0.4, -0.2) is 11.0 Å². The number of thiophene rings is 1. The number of phenols is 1. The molecule has 0 saturated carbocycles. The molecular formula is C14H13NO2S. The van der Waals surface area contributed by atoms with Crippen LogP contribution in [-0.2, 0) is 4.79 Å². The molecular weight excluding hydrogens is 246 g/mol. The molecule has 0 aliphatic rings. The van der Waals surface area contributed by atoms with Crippen molar-refractivity contribution in [2.75, 3.05) is 5.32 Å². The van der Waals surface area contributed by atoms with Gasteiger partial charge in [-0.15, -0.1) is 11.3 Å². The molecule has 92 valence electrons. The minimum absolute atomic E-state index is 0.176. The molecule has 1 heterocycles. The van der Waals surface area contributed by atoms with Crippen LogP contribution >= 0.6 is 11.3 Å². The normalized spacial score (nSPS) is 10.7.